The van der Waals surface area contributed by atoms with Gasteiger partial charge in [-0.1, -0.05) is 150 Å². The summed E-state index contributed by atoms with van der Waals surface area (Å²) in [5, 5.41) is 0. The summed E-state index contributed by atoms with van der Waals surface area (Å²) < 4.78 is 0. The summed E-state index contributed by atoms with van der Waals surface area (Å²) in [4.78, 5) is 2.49. The molecular formula is C58H61N. The van der Waals surface area contributed by atoms with Gasteiger partial charge >= 0.3 is 0 Å². The Bertz CT molecular complexity index is 2420. The summed E-state index contributed by atoms with van der Waals surface area (Å²) >= 11 is 0. The summed E-state index contributed by atoms with van der Waals surface area (Å²) in [5.41, 5.74) is 18.9. The Morgan fingerprint density at radius 2 is 0.915 bits per heavy atom. The van der Waals surface area contributed by atoms with E-state index in [0.29, 0.717) is 5.92 Å². The third kappa shape index (κ3) is 6.87. The van der Waals surface area contributed by atoms with Crippen LogP contribution < -0.4 is 4.90 Å². The van der Waals surface area contributed by atoms with Gasteiger partial charge in [0.05, 0.1) is 0 Å². The molecule has 0 amide bonds. The van der Waals surface area contributed by atoms with Crippen molar-refractivity contribution in [1.29, 1.82) is 0 Å². The van der Waals surface area contributed by atoms with E-state index in [1.54, 1.807) is 5.56 Å². The van der Waals surface area contributed by atoms with Crippen LogP contribution in [0.3, 0.4) is 0 Å². The van der Waals surface area contributed by atoms with E-state index in [1.165, 1.54) is 163 Å². The Morgan fingerprint density at radius 3 is 1.49 bits per heavy atom. The minimum absolute atomic E-state index is 0.103. The molecule has 3 unspecified atom stereocenters. The van der Waals surface area contributed by atoms with Gasteiger partial charge < -0.3 is 4.90 Å². The molecule has 0 radical (unpaired) electrons. The molecule has 1 heteroatoms. The lowest BCUT2D eigenvalue weighted by molar-refractivity contribution is 0.420. The summed E-state index contributed by atoms with van der Waals surface area (Å²) in [5.74, 6) is 4.10. The highest BCUT2D eigenvalue weighted by molar-refractivity contribution is 5.88. The van der Waals surface area contributed by atoms with Crippen LogP contribution in [0, 0.1) is 11.8 Å². The van der Waals surface area contributed by atoms with Crippen LogP contribution in [-0.2, 0) is 5.41 Å². The van der Waals surface area contributed by atoms with Gasteiger partial charge in [-0.2, -0.15) is 0 Å². The number of benzene rings is 6. The lowest BCUT2D eigenvalue weighted by atomic mass is 9.81. The molecule has 0 spiro atoms. The third-order valence-electron chi connectivity index (χ3n) is 16.0. The zero-order valence-electron chi connectivity index (χ0n) is 35.4. The Hall–Kier alpha value is -4.88. The first-order valence-corrected chi connectivity index (χ1v) is 23.5. The van der Waals surface area contributed by atoms with Gasteiger partial charge in [-0.3, -0.25) is 0 Å². The Labute approximate surface area is 353 Å². The smallest absolute Gasteiger partial charge is 0.0465 e. The molecule has 11 rings (SSSR count). The average molecular weight is 772 g/mol. The van der Waals surface area contributed by atoms with Gasteiger partial charge in [-0.25, -0.2) is 0 Å². The predicted molar refractivity (Wildman–Crippen MR) is 249 cm³/mol. The van der Waals surface area contributed by atoms with Crippen molar-refractivity contribution in [3.63, 3.8) is 0 Å². The Morgan fingerprint density at radius 1 is 0.407 bits per heavy atom. The maximum Gasteiger partial charge on any atom is 0.0465 e. The number of rotatable bonds is 8. The van der Waals surface area contributed by atoms with Gasteiger partial charge in [0.2, 0.25) is 0 Å². The minimum Gasteiger partial charge on any atom is -0.310 e. The number of hydrogen-bond donors (Lipinski definition) is 0. The molecule has 2 bridgehead atoms. The molecule has 0 aliphatic heterocycles. The summed E-state index contributed by atoms with van der Waals surface area (Å²) in [7, 11) is 0. The van der Waals surface area contributed by atoms with E-state index in [-0.39, 0.29) is 5.41 Å². The van der Waals surface area contributed by atoms with Crippen molar-refractivity contribution in [2.24, 2.45) is 11.8 Å². The minimum atomic E-state index is -0.103. The van der Waals surface area contributed by atoms with Crippen molar-refractivity contribution in [3.05, 3.63) is 161 Å². The van der Waals surface area contributed by atoms with Gasteiger partial charge in [0.15, 0.2) is 0 Å². The van der Waals surface area contributed by atoms with Crippen LogP contribution in [-0.4, -0.2) is 0 Å². The molecule has 6 aromatic rings. The van der Waals surface area contributed by atoms with Gasteiger partial charge in [0.25, 0.3) is 0 Å². The third-order valence-corrected chi connectivity index (χ3v) is 16.0. The summed E-state index contributed by atoms with van der Waals surface area (Å²) in [6, 6.07) is 52.6. The molecule has 0 aromatic heterocycles. The normalized spacial score (nSPS) is 22.3. The van der Waals surface area contributed by atoms with Crippen LogP contribution in [0.4, 0.5) is 17.1 Å². The van der Waals surface area contributed by atoms with Crippen LogP contribution in [0.5, 0.6) is 0 Å². The highest BCUT2D eigenvalue weighted by Gasteiger charge is 2.40. The first-order valence-electron chi connectivity index (χ1n) is 23.5. The zero-order chi connectivity index (χ0) is 39.5. The monoisotopic (exact) mass is 771 g/mol. The zero-order valence-corrected chi connectivity index (χ0v) is 35.4. The molecule has 5 aliphatic rings. The molecular weight excluding hydrogens is 711 g/mol. The Balaban J connectivity index is 0.916. The van der Waals surface area contributed by atoms with Gasteiger partial charge in [-0.05, 0) is 178 Å². The second-order valence-corrected chi connectivity index (χ2v) is 19.8. The molecule has 6 aromatic carbocycles. The summed E-state index contributed by atoms with van der Waals surface area (Å²) in [6.07, 6.45) is 19.3. The molecule has 59 heavy (non-hydrogen) atoms. The first-order chi connectivity index (χ1) is 29.0. The molecule has 3 atom stereocenters. The lowest BCUT2D eigenvalue weighted by Gasteiger charge is -2.29. The van der Waals surface area contributed by atoms with Crippen LogP contribution in [0.1, 0.15) is 149 Å². The molecule has 4 fully saturated rings. The standard InChI is InChI=1S/C58H61N/c1-58(2)56-34-27-48(46-17-15-42(16-18-46)40-9-5-3-6-10-40)37-55(56)53-33-32-52(38-57(53)58)59(50-28-23-44(24-29-50)41-11-7-4-8-12-41)51-30-25-45(26-31-51)43-19-21-47(22-20-43)54-36-39-13-14-49(54)35-39/h15-34,37-41,49,54H,3-14,35-36H2,1-2H3. The van der Waals surface area contributed by atoms with Crippen molar-refractivity contribution >= 4 is 17.1 Å². The number of hydrogen-bond acceptors (Lipinski definition) is 1. The van der Waals surface area contributed by atoms with Crippen molar-refractivity contribution in [1.82, 2.24) is 0 Å². The van der Waals surface area contributed by atoms with Crippen molar-refractivity contribution in [2.45, 2.75) is 127 Å². The molecule has 298 valence electrons. The van der Waals surface area contributed by atoms with Crippen LogP contribution >= 0.6 is 0 Å². The van der Waals surface area contributed by atoms with Crippen molar-refractivity contribution in [3.8, 4) is 33.4 Å². The maximum absolute atomic E-state index is 2.49. The fourth-order valence-electron chi connectivity index (χ4n) is 12.6. The van der Waals surface area contributed by atoms with Crippen molar-refractivity contribution in [2.75, 3.05) is 4.90 Å². The molecule has 4 saturated carbocycles. The van der Waals surface area contributed by atoms with Gasteiger partial charge in [0.1, 0.15) is 0 Å². The SMILES string of the molecule is CC1(C)c2ccc(-c3ccc(C4CCCCC4)cc3)cc2-c2ccc(N(c3ccc(-c4ccc(C5CC6CCC5C6)cc4)cc3)c3ccc(C4CCCCC4)cc3)cc21. The fourth-order valence-corrected chi connectivity index (χ4v) is 12.6. The number of anilines is 3. The average Bonchev–Trinajstić information content (AvgIpc) is 4.00. The van der Waals surface area contributed by atoms with Crippen LogP contribution in [0.15, 0.2) is 133 Å². The fraction of sp³-hybridized carbons (Fsp3) is 0.379. The second-order valence-electron chi connectivity index (χ2n) is 19.8. The van der Waals surface area contributed by atoms with E-state index in [0.717, 1.165) is 23.7 Å². The van der Waals surface area contributed by atoms with E-state index < -0.39 is 0 Å². The highest BCUT2D eigenvalue weighted by atomic mass is 15.1. The second kappa shape index (κ2) is 15.3. The van der Waals surface area contributed by atoms with E-state index in [9.17, 15) is 0 Å². The van der Waals surface area contributed by atoms with Crippen LogP contribution in [0.25, 0.3) is 33.4 Å². The van der Waals surface area contributed by atoms with E-state index in [1.807, 2.05) is 0 Å². The largest absolute Gasteiger partial charge is 0.310 e. The van der Waals surface area contributed by atoms with Gasteiger partial charge in [0, 0.05) is 22.5 Å². The van der Waals surface area contributed by atoms with Crippen molar-refractivity contribution < 1.29 is 0 Å². The molecule has 5 aliphatic carbocycles. The first kappa shape index (κ1) is 37.1. The molecule has 1 nitrogen and oxygen atoms in total. The van der Waals surface area contributed by atoms with Gasteiger partial charge in [-0.15, -0.1) is 0 Å². The van der Waals surface area contributed by atoms with E-state index in [2.05, 4.69) is 152 Å². The predicted octanol–water partition coefficient (Wildman–Crippen LogP) is 16.8. The topological polar surface area (TPSA) is 3.24 Å². The number of nitrogens with zero attached hydrogens (tertiary/aromatic N) is 1. The lowest BCUT2D eigenvalue weighted by Crippen LogP contribution is -2.16. The maximum atomic E-state index is 2.49. The quantitative estimate of drug-likeness (QED) is 0.149. The molecule has 0 saturated heterocycles. The Kier molecular flexibility index (Phi) is 9.63. The summed E-state index contributed by atoms with van der Waals surface area (Å²) in [6.45, 7) is 4.83. The highest BCUT2D eigenvalue weighted by Crippen LogP contribution is 2.54. The molecule has 0 N–H and O–H groups in total. The van der Waals surface area contributed by atoms with Crippen LogP contribution in [0.2, 0.25) is 0 Å². The van der Waals surface area contributed by atoms with E-state index in [4.69, 9.17) is 0 Å². The number of fused-ring (bicyclic) bond motifs is 5. The molecule has 0 heterocycles. The van der Waals surface area contributed by atoms with E-state index >= 15 is 0 Å².